The predicted molar refractivity (Wildman–Crippen MR) is 111 cm³/mol. The number of carbonyl (C=O) groups excluding carboxylic acids is 1. The second kappa shape index (κ2) is 10.2. The molecule has 0 bridgehead atoms. The normalized spacial score (nSPS) is 17.1. The Morgan fingerprint density at radius 1 is 1.30 bits per heavy atom. The highest BCUT2D eigenvalue weighted by atomic mass is 19.1. The van der Waals surface area contributed by atoms with E-state index in [2.05, 4.69) is 24.1 Å². The van der Waals surface area contributed by atoms with E-state index in [9.17, 15) is 13.6 Å². The summed E-state index contributed by atoms with van der Waals surface area (Å²) in [5.74, 6) is -1.14. The monoisotopic (exact) mass is 419 g/mol. The van der Waals surface area contributed by atoms with Crippen molar-refractivity contribution < 1.29 is 18.3 Å². The average molecular weight is 420 g/mol. The smallest absolute Gasteiger partial charge is 0.329 e. The molecule has 1 aromatic heterocycles. The number of hydrogen-bond acceptors (Lipinski definition) is 4. The van der Waals surface area contributed by atoms with Crippen LogP contribution in [0, 0.1) is 11.6 Å². The van der Waals surface area contributed by atoms with E-state index in [0.717, 1.165) is 25.3 Å². The van der Waals surface area contributed by atoms with Crippen LogP contribution in [0.4, 0.5) is 8.78 Å². The molecule has 0 aliphatic heterocycles. The molecule has 0 spiro atoms. The molecule has 1 aliphatic rings. The summed E-state index contributed by atoms with van der Waals surface area (Å²) < 4.78 is 35.2. The standard InChI is InChI=1S/C23H31F2N3O2/c1-4-7-21(23(29)30-22-13-28(14-26-22)18(5-2)6-3)27-17-9-8-15-10-16(24)11-20(25)19(15)12-17/h10-11,13-14,17-18,21,27H,4-9,12H2,1-3H3. The fourth-order valence-corrected chi connectivity index (χ4v) is 4.23. The van der Waals surface area contributed by atoms with Gasteiger partial charge in [-0.15, -0.1) is 0 Å². The van der Waals surface area contributed by atoms with Gasteiger partial charge in [-0.2, -0.15) is 0 Å². The third kappa shape index (κ3) is 5.25. The fraction of sp³-hybridized carbons (Fsp3) is 0.565. The Labute approximate surface area is 176 Å². The van der Waals surface area contributed by atoms with Gasteiger partial charge in [0.15, 0.2) is 0 Å². The van der Waals surface area contributed by atoms with Gasteiger partial charge >= 0.3 is 5.97 Å². The van der Waals surface area contributed by atoms with E-state index in [1.165, 1.54) is 6.07 Å². The van der Waals surface area contributed by atoms with E-state index >= 15 is 0 Å². The number of ether oxygens (including phenoxy) is 1. The Morgan fingerprint density at radius 2 is 2.07 bits per heavy atom. The maximum absolute atomic E-state index is 14.2. The van der Waals surface area contributed by atoms with Crippen molar-refractivity contribution in [3.05, 3.63) is 47.4 Å². The second-order valence-corrected chi connectivity index (χ2v) is 8.02. The molecule has 7 heteroatoms. The first-order valence-corrected chi connectivity index (χ1v) is 10.9. The van der Waals surface area contributed by atoms with Crippen LogP contribution >= 0.6 is 0 Å². The van der Waals surface area contributed by atoms with Gasteiger partial charge in [-0.1, -0.05) is 27.2 Å². The van der Waals surface area contributed by atoms with Crippen molar-refractivity contribution in [2.75, 3.05) is 0 Å². The predicted octanol–water partition coefficient (Wildman–Crippen LogP) is 4.74. The lowest BCUT2D eigenvalue weighted by molar-refractivity contribution is -0.137. The lowest BCUT2D eigenvalue weighted by Crippen LogP contribution is -2.47. The van der Waals surface area contributed by atoms with Crippen molar-refractivity contribution in [1.82, 2.24) is 14.9 Å². The summed E-state index contributed by atoms with van der Waals surface area (Å²) in [5.41, 5.74) is 1.25. The highest BCUT2D eigenvalue weighted by Crippen LogP contribution is 2.26. The lowest BCUT2D eigenvalue weighted by Gasteiger charge is -2.29. The summed E-state index contributed by atoms with van der Waals surface area (Å²) in [4.78, 5) is 17.0. The molecule has 0 saturated heterocycles. The lowest BCUT2D eigenvalue weighted by atomic mass is 9.87. The Morgan fingerprint density at radius 3 is 2.77 bits per heavy atom. The van der Waals surface area contributed by atoms with Crippen LogP contribution in [0.15, 0.2) is 24.7 Å². The van der Waals surface area contributed by atoms with Gasteiger partial charge in [-0.3, -0.25) is 0 Å². The maximum atomic E-state index is 14.2. The molecule has 2 atom stereocenters. The quantitative estimate of drug-likeness (QED) is 0.597. The first-order chi connectivity index (χ1) is 14.4. The van der Waals surface area contributed by atoms with Gasteiger partial charge in [0.2, 0.25) is 5.88 Å². The first-order valence-electron chi connectivity index (χ1n) is 10.9. The summed E-state index contributed by atoms with van der Waals surface area (Å²) in [6.45, 7) is 6.23. The Hall–Kier alpha value is -2.28. The van der Waals surface area contributed by atoms with Crippen LogP contribution in [0.2, 0.25) is 0 Å². The van der Waals surface area contributed by atoms with Crippen LogP contribution in [-0.2, 0) is 17.6 Å². The largest absolute Gasteiger partial charge is 0.405 e. The van der Waals surface area contributed by atoms with Crippen LogP contribution in [0.25, 0.3) is 0 Å². The van der Waals surface area contributed by atoms with E-state index in [1.807, 2.05) is 11.5 Å². The molecule has 0 saturated carbocycles. The molecule has 1 N–H and O–H groups in total. The molecule has 0 fully saturated rings. The molecule has 1 aliphatic carbocycles. The van der Waals surface area contributed by atoms with E-state index in [-0.39, 0.29) is 12.0 Å². The summed E-state index contributed by atoms with van der Waals surface area (Å²) >= 11 is 0. The van der Waals surface area contributed by atoms with Gasteiger partial charge in [0.1, 0.15) is 17.7 Å². The molecule has 1 aromatic carbocycles. The molecule has 0 radical (unpaired) electrons. The Kier molecular flexibility index (Phi) is 7.58. The zero-order chi connectivity index (χ0) is 21.7. The topological polar surface area (TPSA) is 56.1 Å². The molecule has 3 rings (SSSR count). The molecule has 1 heterocycles. The van der Waals surface area contributed by atoms with Gasteiger partial charge in [0.05, 0.1) is 12.5 Å². The summed E-state index contributed by atoms with van der Waals surface area (Å²) in [5, 5.41) is 3.34. The van der Waals surface area contributed by atoms with Crippen molar-refractivity contribution >= 4 is 5.97 Å². The van der Waals surface area contributed by atoms with Crippen molar-refractivity contribution in [3.8, 4) is 5.88 Å². The van der Waals surface area contributed by atoms with E-state index in [0.29, 0.717) is 48.7 Å². The van der Waals surface area contributed by atoms with Crippen LogP contribution in [-0.4, -0.2) is 27.6 Å². The number of aryl methyl sites for hydroxylation is 1. The third-order valence-corrected chi connectivity index (χ3v) is 5.91. The number of hydrogen-bond donors (Lipinski definition) is 1. The molecular formula is C23H31F2N3O2. The molecule has 2 unspecified atom stereocenters. The van der Waals surface area contributed by atoms with Crippen molar-refractivity contribution in [2.24, 2.45) is 0 Å². The first kappa shape index (κ1) is 22.4. The van der Waals surface area contributed by atoms with Gasteiger partial charge < -0.3 is 14.6 Å². The third-order valence-electron chi connectivity index (χ3n) is 5.91. The number of benzene rings is 1. The van der Waals surface area contributed by atoms with Gasteiger partial charge in [-0.25, -0.2) is 18.6 Å². The molecule has 30 heavy (non-hydrogen) atoms. The summed E-state index contributed by atoms with van der Waals surface area (Å²) in [6, 6.07) is 2.10. The molecule has 0 amide bonds. The van der Waals surface area contributed by atoms with Crippen LogP contribution in [0.1, 0.15) is 70.0 Å². The number of carbonyl (C=O) groups is 1. The van der Waals surface area contributed by atoms with Gasteiger partial charge in [-0.05, 0) is 55.7 Å². The molecule has 164 valence electrons. The fourth-order valence-electron chi connectivity index (χ4n) is 4.23. The minimum Gasteiger partial charge on any atom is -0.405 e. The molecule has 5 nitrogen and oxygen atoms in total. The highest BCUT2D eigenvalue weighted by Gasteiger charge is 2.28. The van der Waals surface area contributed by atoms with Gasteiger partial charge in [0.25, 0.3) is 0 Å². The highest BCUT2D eigenvalue weighted by molar-refractivity contribution is 5.77. The van der Waals surface area contributed by atoms with Crippen LogP contribution in [0.5, 0.6) is 5.88 Å². The second-order valence-electron chi connectivity index (χ2n) is 8.02. The van der Waals surface area contributed by atoms with Crippen molar-refractivity contribution in [2.45, 2.75) is 83.8 Å². The zero-order valence-electron chi connectivity index (χ0n) is 18.0. The Balaban J connectivity index is 1.65. The van der Waals surface area contributed by atoms with E-state index in [1.54, 1.807) is 12.5 Å². The number of fused-ring (bicyclic) bond motifs is 1. The summed E-state index contributed by atoms with van der Waals surface area (Å²) in [6.07, 6.45) is 8.55. The number of nitrogens with zero attached hydrogens (tertiary/aromatic N) is 2. The number of halogens is 2. The number of rotatable bonds is 9. The molecule has 2 aromatic rings. The minimum absolute atomic E-state index is 0.0660. The number of nitrogens with one attached hydrogen (secondary N) is 1. The number of esters is 1. The van der Waals surface area contributed by atoms with Crippen LogP contribution in [0.3, 0.4) is 0 Å². The zero-order valence-corrected chi connectivity index (χ0v) is 18.0. The van der Waals surface area contributed by atoms with E-state index < -0.39 is 17.7 Å². The summed E-state index contributed by atoms with van der Waals surface area (Å²) in [7, 11) is 0. The minimum atomic E-state index is -0.544. The average Bonchev–Trinajstić information content (AvgIpc) is 3.17. The van der Waals surface area contributed by atoms with Crippen LogP contribution < -0.4 is 10.1 Å². The Bertz CT molecular complexity index is 864. The van der Waals surface area contributed by atoms with Crippen molar-refractivity contribution in [1.29, 1.82) is 0 Å². The number of aromatic nitrogens is 2. The van der Waals surface area contributed by atoms with Crippen molar-refractivity contribution in [3.63, 3.8) is 0 Å². The number of imidazole rings is 1. The molecular weight excluding hydrogens is 388 g/mol. The van der Waals surface area contributed by atoms with Gasteiger partial charge in [0, 0.05) is 18.2 Å². The van der Waals surface area contributed by atoms with E-state index in [4.69, 9.17) is 4.74 Å². The SMILES string of the molecule is CCCC(NC1CCc2cc(F)cc(F)c2C1)C(=O)Oc1cn(C(CC)CC)cn1. The maximum Gasteiger partial charge on any atom is 0.329 e.